The summed E-state index contributed by atoms with van der Waals surface area (Å²) in [5.41, 5.74) is 0. The van der Waals surface area contributed by atoms with Crippen LogP contribution in [0, 0.1) is 0 Å². The first kappa shape index (κ1) is 19.6. The Morgan fingerprint density at radius 2 is 1.96 bits per heavy atom. The highest BCUT2D eigenvalue weighted by Crippen LogP contribution is 2.51. The van der Waals surface area contributed by atoms with Gasteiger partial charge < -0.3 is 15.5 Å². The molecule has 1 aromatic carbocycles. The standard InChI is InChI=1S/C21H34N4S/c1-3-4-14-25-15-10-18(11-16-25)24-20(22-2)23-17-21(12-13-21)26-19-8-6-5-7-9-19/h5-9,18H,3-4,10-17H2,1-2H3,(H2,22,23,24). The number of rotatable bonds is 8. The van der Waals surface area contributed by atoms with Gasteiger partial charge in [0.05, 0.1) is 0 Å². The van der Waals surface area contributed by atoms with Crippen molar-refractivity contribution in [1.82, 2.24) is 15.5 Å². The molecule has 0 radical (unpaired) electrons. The van der Waals surface area contributed by atoms with Crippen molar-refractivity contribution in [3.8, 4) is 0 Å². The monoisotopic (exact) mass is 374 g/mol. The molecule has 0 unspecified atom stereocenters. The molecule has 2 fully saturated rings. The maximum atomic E-state index is 4.46. The molecule has 1 aromatic rings. The Balaban J connectivity index is 1.40. The van der Waals surface area contributed by atoms with Crippen molar-refractivity contribution in [1.29, 1.82) is 0 Å². The number of hydrogen-bond acceptors (Lipinski definition) is 3. The van der Waals surface area contributed by atoms with Gasteiger partial charge in [0.15, 0.2) is 5.96 Å². The summed E-state index contributed by atoms with van der Waals surface area (Å²) in [6.45, 7) is 6.94. The molecule has 1 saturated heterocycles. The van der Waals surface area contributed by atoms with Crippen LogP contribution in [0.25, 0.3) is 0 Å². The van der Waals surface area contributed by atoms with E-state index >= 15 is 0 Å². The fraction of sp³-hybridized carbons (Fsp3) is 0.667. The fourth-order valence-corrected chi connectivity index (χ4v) is 4.75. The van der Waals surface area contributed by atoms with Gasteiger partial charge >= 0.3 is 0 Å². The first-order chi connectivity index (χ1) is 12.7. The molecule has 1 heterocycles. The van der Waals surface area contributed by atoms with Gasteiger partial charge in [-0.1, -0.05) is 31.5 Å². The second-order valence-electron chi connectivity index (χ2n) is 7.64. The molecular weight excluding hydrogens is 340 g/mol. The predicted octanol–water partition coefficient (Wildman–Crippen LogP) is 3.74. The van der Waals surface area contributed by atoms with E-state index < -0.39 is 0 Å². The minimum absolute atomic E-state index is 0.350. The Labute approximate surface area is 163 Å². The Kier molecular flexibility index (Phi) is 7.26. The highest BCUT2D eigenvalue weighted by atomic mass is 32.2. The molecule has 1 aliphatic heterocycles. The number of nitrogens with zero attached hydrogens (tertiary/aromatic N) is 2. The third-order valence-electron chi connectivity index (χ3n) is 5.44. The molecule has 5 heteroatoms. The normalized spacial score (nSPS) is 20.8. The molecular formula is C21H34N4S. The van der Waals surface area contributed by atoms with Crippen LogP contribution in [0.4, 0.5) is 0 Å². The van der Waals surface area contributed by atoms with Gasteiger partial charge in [-0.25, -0.2) is 0 Å². The fourth-order valence-electron chi connectivity index (χ4n) is 3.51. The molecule has 3 rings (SSSR count). The van der Waals surface area contributed by atoms with Crippen molar-refractivity contribution in [2.24, 2.45) is 4.99 Å². The second kappa shape index (κ2) is 9.65. The Morgan fingerprint density at radius 3 is 2.58 bits per heavy atom. The first-order valence-electron chi connectivity index (χ1n) is 10.2. The molecule has 1 saturated carbocycles. The van der Waals surface area contributed by atoms with E-state index in [4.69, 9.17) is 0 Å². The van der Waals surface area contributed by atoms with Crippen LogP contribution in [-0.2, 0) is 0 Å². The Morgan fingerprint density at radius 1 is 1.23 bits per heavy atom. The minimum atomic E-state index is 0.350. The highest BCUT2D eigenvalue weighted by molar-refractivity contribution is 8.01. The minimum Gasteiger partial charge on any atom is -0.355 e. The Bertz CT molecular complexity index is 563. The predicted molar refractivity (Wildman–Crippen MR) is 113 cm³/mol. The maximum absolute atomic E-state index is 4.46. The van der Waals surface area contributed by atoms with Gasteiger partial charge in [-0.05, 0) is 50.8 Å². The average molecular weight is 375 g/mol. The van der Waals surface area contributed by atoms with Crippen LogP contribution >= 0.6 is 11.8 Å². The van der Waals surface area contributed by atoms with Crippen molar-refractivity contribution in [2.75, 3.05) is 33.2 Å². The number of aliphatic imine (C=N–C) groups is 1. The van der Waals surface area contributed by atoms with Crippen molar-refractivity contribution in [3.63, 3.8) is 0 Å². The van der Waals surface area contributed by atoms with Crippen LogP contribution in [0.2, 0.25) is 0 Å². The van der Waals surface area contributed by atoms with Gasteiger partial charge in [0, 0.05) is 42.4 Å². The molecule has 0 aromatic heterocycles. The maximum Gasteiger partial charge on any atom is 0.191 e. The second-order valence-corrected chi connectivity index (χ2v) is 9.18. The first-order valence-corrected chi connectivity index (χ1v) is 11.0. The van der Waals surface area contributed by atoms with Crippen LogP contribution in [0.1, 0.15) is 45.4 Å². The zero-order valence-corrected chi connectivity index (χ0v) is 17.2. The van der Waals surface area contributed by atoms with Gasteiger partial charge in [0.2, 0.25) is 0 Å². The molecule has 1 aliphatic carbocycles. The number of benzene rings is 1. The summed E-state index contributed by atoms with van der Waals surface area (Å²) >= 11 is 2.01. The van der Waals surface area contributed by atoms with Crippen molar-refractivity contribution in [3.05, 3.63) is 30.3 Å². The lowest BCUT2D eigenvalue weighted by atomic mass is 10.0. The number of nitrogens with one attached hydrogen (secondary N) is 2. The molecule has 0 spiro atoms. The van der Waals surface area contributed by atoms with Gasteiger partial charge in [-0.3, -0.25) is 4.99 Å². The molecule has 0 bridgehead atoms. The SMILES string of the molecule is CCCCN1CCC(NC(=NC)NCC2(Sc3ccccc3)CC2)CC1. The highest BCUT2D eigenvalue weighted by Gasteiger charge is 2.43. The summed E-state index contributed by atoms with van der Waals surface area (Å²) in [6.07, 6.45) is 7.61. The van der Waals surface area contributed by atoms with E-state index in [1.165, 1.54) is 63.1 Å². The zero-order valence-electron chi connectivity index (χ0n) is 16.3. The van der Waals surface area contributed by atoms with Crippen LogP contribution in [0.15, 0.2) is 40.2 Å². The van der Waals surface area contributed by atoms with Gasteiger partial charge in [-0.2, -0.15) is 0 Å². The molecule has 2 aliphatic rings. The molecule has 26 heavy (non-hydrogen) atoms. The van der Waals surface area contributed by atoms with Crippen LogP contribution in [-0.4, -0.2) is 54.9 Å². The topological polar surface area (TPSA) is 39.7 Å². The molecule has 0 amide bonds. The summed E-state index contributed by atoms with van der Waals surface area (Å²) in [7, 11) is 1.88. The number of hydrogen-bond donors (Lipinski definition) is 2. The van der Waals surface area contributed by atoms with Gasteiger partial charge in [0.1, 0.15) is 0 Å². The summed E-state index contributed by atoms with van der Waals surface area (Å²) in [4.78, 5) is 8.43. The van der Waals surface area contributed by atoms with E-state index in [1.54, 1.807) is 0 Å². The molecule has 144 valence electrons. The van der Waals surface area contributed by atoms with E-state index in [1.807, 2.05) is 18.8 Å². The molecule has 0 atom stereocenters. The smallest absolute Gasteiger partial charge is 0.191 e. The van der Waals surface area contributed by atoms with E-state index in [2.05, 4.69) is 57.8 Å². The summed E-state index contributed by atoms with van der Waals surface area (Å²) in [5.74, 6) is 0.969. The summed E-state index contributed by atoms with van der Waals surface area (Å²) in [6, 6.07) is 11.3. The Hall–Kier alpha value is -1.20. The number of likely N-dealkylation sites (tertiary alicyclic amines) is 1. The van der Waals surface area contributed by atoms with E-state index in [0.29, 0.717) is 10.8 Å². The lowest BCUT2D eigenvalue weighted by Gasteiger charge is -2.33. The third-order valence-corrected chi connectivity index (χ3v) is 6.94. The van der Waals surface area contributed by atoms with Crippen LogP contribution < -0.4 is 10.6 Å². The zero-order chi connectivity index (χ0) is 18.2. The number of guanidine groups is 1. The number of thioether (sulfide) groups is 1. The van der Waals surface area contributed by atoms with E-state index in [9.17, 15) is 0 Å². The number of piperidine rings is 1. The summed E-state index contributed by atoms with van der Waals surface area (Å²) < 4.78 is 0.350. The van der Waals surface area contributed by atoms with Crippen molar-refractivity contribution >= 4 is 17.7 Å². The quantitative estimate of drug-likeness (QED) is 0.537. The van der Waals surface area contributed by atoms with Crippen LogP contribution in [0.3, 0.4) is 0 Å². The van der Waals surface area contributed by atoms with Gasteiger partial charge in [-0.15, -0.1) is 11.8 Å². The molecule has 2 N–H and O–H groups in total. The molecule has 4 nitrogen and oxygen atoms in total. The van der Waals surface area contributed by atoms with E-state index in [0.717, 1.165) is 12.5 Å². The van der Waals surface area contributed by atoms with Crippen molar-refractivity contribution < 1.29 is 0 Å². The van der Waals surface area contributed by atoms with Crippen molar-refractivity contribution in [2.45, 2.75) is 61.1 Å². The third kappa shape index (κ3) is 5.92. The average Bonchev–Trinajstić information content (AvgIpc) is 3.45. The summed E-state index contributed by atoms with van der Waals surface area (Å²) in [5, 5.41) is 7.24. The lowest BCUT2D eigenvalue weighted by Crippen LogP contribution is -2.49. The largest absolute Gasteiger partial charge is 0.355 e. The van der Waals surface area contributed by atoms with Crippen LogP contribution in [0.5, 0.6) is 0 Å². The van der Waals surface area contributed by atoms with E-state index in [-0.39, 0.29) is 0 Å². The lowest BCUT2D eigenvalue weighted by molar-refractivity contribution is 0.203. The van der Waals surface area contributed by atoms with Gasteiger partial charge in [0.25, 0.3) is 0 Å². The number of unbranched alkanes of at least 4 members (excludes halogenated alkanes) is 1.